The fraction of sp³-hybridized carbons (Fsp3) is 0.611. The van der Waals surface area contributed by atoms with E-state index in [9.17, 15) is 18.3 Å². The molecule has 2 aliphatic rings. The zero-order valence-electron chi connectivity index (χ0n) is 14.6. The number of anilines is 1. The molecule has 7 heteroatoms. The maximum atomic E-state index is 12.7. The average molecular weight is 366 g/mol. The number of likely N-dealkylation sites (N-methyl/N-ethyl adjacent to an activating group) is 1. The zero-order valence-corrected chi connectivity index (χ0v) is 15.4. The van der Waals surface area contributed by atoms with Crippen LogP contribution in [0, 0.1) is 0 Å². The first kappa shape index (κ1) is 18.2. The molecular formula is C18H26N2O4S. The zero-order chi connectivity index (χ0) is 18.0. The Kier molecular flexibility index (Phi) is 5.34. The molecule has 1 aromatic carbocycles. The minimum absolute atomic E-state index is 0.140. The first-order valence-electron chi connectivity index (χ1n) is 8.96. The average Bonchev–Trinajstić information content (AvgIpc) is 2.61. The summed E-state index contributed by atoms with van der Waals surface area (Å²) in [5.74, 6) is 0.0368. The van der Waals surface area contributed by atoms with E-state index in [-0.39, 0.29) is 17.7 Å². The van der Waals surface area contributed by atoms with E-state index >= 15 is 0 Å². The van der Waals surface area contributed by atoms with Gasteiger partial charge in [-0.25, -0.2) is 8.42 Å². The molecule has 1 saturated carbocycles. The van der Waals surface area contributed by atoms with Gasteiger partial charge in [-0.3, -0.25) is 9.10 Å². The highest BCUT2D eigenvalue weighted by Gasteiger charge is 2.30. The SMILES string of the molecule is CN(C(=O)c1ccc(N2CCCCS2(=O)=O)cc1)C1CCCCC1O. The van der Waals surface area contributed by atoms with Crippen molar-refractivity contribution in [1.82, 2.24) is 4.90 Å². The number of hydrogen-bond acceptors (Lipinski definition) is 4. The van der Waals surface area contributed by atoms with Crippen LogP contribution in [-0.2, 0) is 10.0 Å². The van der Waals surface area contributed by atoms with Crippen molar-refractivity contribution in [2.75, 3.05) is 23.7 Å². The molecule has 1 amide bonds. The smallest absolute Gasteiger partial charge is 0.253 e. The van der Waals surface area contributed by atoms with Gasteiger partial charge in [0.25, 0.3) is 5.91 Å². The molecule has 1 aliphatic heterocycles. The molecule has 3 rings (SSSR count). The highest BCUT2D eigenvalue weighted by atomic mass is 32.2. The van der Waals surface area contributed by atoms with Crippen molar-refractivity contribution in [2.24, 2.45) is 0 Å². The third kappa shape index (κ3) is 3.82. The van der Waals surface area contributed by atoms with Gasteiger partial charge in [-0.2, -0.15) is 0 Å². The molecular weight excluding hydrogens is 340 g/mol. The quantitative estimate of drug-likeness (QED) is 0.887. The number of carbonyl (C=O) groups excluding carboxylic acids is 1. The van der Waals surface area contributed by atoms with E-state index in [1.54, 1.807) is 36.2 Å². The minimum Gasteiger partial charge on any atom is -0.391 e. The van der Waals surface area contributed by atoms with Crippen molar-refractivity contribution in [2.45, 2.75) is 50.7 Å². The topological polar surface area (TPSA) is 77.9 Å². The number of sulfonamides is 1. The molecule has 0 bridgehead atoms. The van der Waals surface area contributed by atoms with Crippen LogP contribution in [0.2, 0.25) is 0 Å². The van der Waals surface area contributed by atoms with Crippen LogP contribution in [0.3, 0.4) is 0 Å². The van der Waals surface area contributed by atoms with E-state index in [0.29, 0.717) is 24.2 Å². The summed E-state index contributed by atoms with van der Waals surface area (Å²) in [6.07, 6.45) is 4.64. The van der Waals surface area contributed by atoms with Gasteiger partial charge in [-0.05, 0) is 49.9 Å². The molecule has 6 nitrogen and oxygen atoms in total. The third-order valence-corrected chi connectivity index (χ3v) is 7.13. The Morgan fingerprint density at radius 2 is 1.80 bits per heavy atom. The minimum atomic E-state index is -3.25. The van der Waals surface area contributed by atoms with Crippen LogP contribution in [0.15, 0.2) is 24.3 Å². The number of nitrogens with zero attached hydrogens (tertiary/aromatic N) is 2. The van der Waals surface area contributed by atoms with E-state index in [4.69, 9.17) is 0 Å². The van der Waals surface area contributed by atoms with E-state index in [1.807, 2.05) is 0 Å². The Hall–Kier alpha value is -1.60. The molecule has 1 heterocycles. The first-order chi connectivity index (χ1) is 11.9. The number of carbonyl (C=O) groups is 1. The van der Waals surface area contributed by atoms with Crippen LogP contribution in [-0.4, -0.2) is 55.8 Å². The molecule has 2 unspecified atom stereocenters. The van der Waals surface area contributed by atoms with Gasteiger partial charge in [0.15, 0.2) is 0 Å². The molecule has 0 radical (unpaired) electrons. The second-order valence-corrected chi connectivity index (χ2v) is 8.99. The number of aliphatic hydroxyl groups is 1. The molecule has 0 aromatic heterocycles. The third-order valence-electron chi connectivity index (χ3n) is 5.26. The largest absolute Gasteiger partial charge is 0.391 e. The second-order valence-electron chi connectivity index (χ2n) is 6.98. The molecule has 1 aliphatic carbocycles. The monoisotopic (exact) mass is 366 g/mol. The lowest BCUT2D eigenvalue weighted by molar-refractivity contribution is 0.0268. The van der Waals surface area contributed by atoms with Gasteiger partial charge in [0, 0.05) is 19.2 Å². The Balaban J connectivity index is 1.74. The number of rotatable bonds is 3. The summed E-state index contributed by atoms with van der Waals surface area (Å²) in [5, 5.41) is 10.1. The van der Waals surface area contributed by atoms with Gasteiger partial charge < -0.3 is 10.0 Å². The summed E-state index contributed by atoms with van der Waals surface area (Å²) in [6, 6.07) is 6.59. The first-order valence-corrected chi connectivity index (χ1v) is 10.6. The maximum absolute atomic E-state index is 12.7. The summed E-state index contributed by atoms with van der Waals surface area (Å²) in [6.45, 7) is 0.490. The van der Waals surface area contributed by atoms with Crippen LogP contribution >= 0.6 is 0 Å². The van der Waals surface area contributed by atoms with Crippen LogP contribution in [0.4, 0.5) is 5.69 Å². The van der Waals surface area contributed by atoms with Gasteiger partial charge in [-0.15, -0.1) is 0 Å². The van der Waals surface area contributed by atoms with Crippen molar-refractivity contribution in [3.05, 3.63) is 29.8 Å². The molecule has 1 saturated heterocycles. The Morgan fingerprint density at radius 1 is 1.12 bits per heavy atom. The highest BCUT2D eigenvalue weighted by Crippen LogP contribution is 2.26. The number of hydrogen-bond donors (Lipinski definition) is 1. The van der Waals surface area contributed by atoms with Crippen molar-refractivity contribution in [3.63, 3.8) is 0 Å². The molecule has 1 aromatic rings. The molecule has 2 atom stereocenters. The summed E-state index contributed by atoms with van der Waals surface area (Å²) in [4.78, 5) is 14.3. The predicted molar refractivity (Wildman–Crippen MR) is 97.2 cm³/mol. The van der Waals surface area contributed by atoms with E-state index < -0.39 is 16.1 Å². The molecule has 2 fully saturated rings. The van der Waals surface area contributed by atoms with Crippen LogP contribution in [0.5, 0.6) is 0 Å². The molecule has 1 N–H and O–H groups in total. The predicted octanol–water partition coefficient (Wildman–Crippen LogP) is 1.99. The van der Waals surface area contributed by atoms with Crippen LogP contribution in [0.1, 0.15) is 48.9 Å². The van der Waals surface area contributed by atoms with E-state index in [2.05, 4.69) is 0 Å². The maximum Gasteiger partial charge on any atom is 0.253 e. The lowest BCUT2D eigenvalue weighted by Crippen LogP contribution is -2.46. The fourth-order valence-corrected chi connectivity index (χ4v) is 5.39. The van der Waals surface area contributed by atoms with E-state index in [1.165, 1.54) is 4.31 Å². The van der Waals surface area contributed by atoms with Crippen LogP contribution < -0.4 is 4.31 Å². The highest BCUT2D eigenvalue weighted by molar-refractivity contribution is 7.92. The van der Waals surface area contributed by atoms with Gasteiger partial charge in [-0.1, -0.05) is 12.8 Å². The van der Waals surface area contributed by atoms with Gasteiger partial charge in [0.05, 0.1) is 23.6 Å². The molecule has 138 valence electrons. The second kappa shape index (κ2) is 7.33. The fourth-order valence-electron chi connectivity index (χ4n) is 3.75. The number of aliphatic hydroxyl groups excluding tert-OH is 1. The van der Waals surface area contributed by atoms with E-state index in [0.717, 1.165) is 32.1 Å². The van der Waals surface area contributed by atoms with Gasteiger partial charge >= 0.3 is 0 Å². The Bertz CT molecular complexity index is 717. The summed E-state index contributed by atoms with van der Waals surface area (Å²) >= 11 is 0. The Morgan fingerprint density at radius 3 is 2.44 bits per heavy atom. The summed E-state index contributed by atoms with van der Waals surface area (Å²) < 4.78 is 25.8. The number of amides is 1. The van der Waals surface area contributed by atoms with Crippen molar-refractivity contribution < 1.29 is 18.3 Å². The van der Waals surface area contributed by atoms with Gasteiger partial charge in [0.2, 0.25) is 10.0 Å². The lowest BCUT2D eigenvalue weighted by atomic mass is 9.91. The van der Waals surface area contributed by atoms with Gasteiger partial charge in [0.1, 0.15) is 0 Å². The van der Waals surface area contributed by atoms with Crippen molar-refractivity contribution in [3.8, 4) is 0 Å². The van der Waals surface area contributed by atoms with Crippen LogP contribution in [0.25, 0.3) is 0 Å². The summed E-state index contributed by atoms with van der Waals surface area (Å²) in [5.41, 5.74) is 1.12. The molecule has 0 spiro atoms. The Labute approximate surface area is 149 Å². The van der Waals surface area contributed by atoms with Crippen molar-refractivity contribution in [1.29, 1.82) is 0 Å². The normalized spacial score (nSPS) is 26.2. The van der Waals surface area contributed by atoms with Crippen molar-refractivity contribution >= 4 is 21.6 Å². The molecule has 25 heavy (non-hydrogen) atoms. The summed E-state index contributed by atoms with van der Waals surface area (Å²) in [7, 11) is -1.52. The lowest BCUT2D eigenvalue weighted by Gasteiger charge is -2.35. The standard InChI is InChI=1S/C18H26N2O4S/c1-19(16-6-2-3-7-17(16)21)18(22)14-8-10-15(11-9-14)20-12-4-5-13-25(20,23)24/h8-11,16-17,21H,2-7,12-13H2,1H3. The number of benzene rings is 1.